The predicted molar refractivity (Wildman–Crippen MR) is 98.9 cm³/mol. The fourth-order valence-electron chi connectivity index (χ4n) is 2.65. The average molecular weight is 353 g/mol. The molecule has 2 heterocycles. The molecule has 0 atom stereocenters. The van der Waals surface area contributed by atoms with E-state index in [1.807, 2.05) is 30.3 Å². The van der Waals surface area contributed by atoms with Gasteiger partial charge in [0.1, 0.15) is 23.1 Å². The van der Waals surface area contributed by atoms with Crippen LogP contribution in [-0.2, 0) is 0 Å². The topological polar surface area (TPSA) is 72.3 Å². The van der Waals surface area contributed by atoms with Gasteiger partial charge in [-0.25, -0.2) is 4.98 Å². The molecule has 0 amide bonds. The monoisotopic (exact) mass is 352 g/mol. The maximum atomic E-state index is 12.7. The lowest BCUT2D eigenvalue weighted by Crippen LogP contribution is -2.17. The molecule has 0 bridgehead atoms. The van der Waals surface area contributed by atoms with Crippen LogP contribution in [0.25, 0.3) is 21.9 Å². The number of aromatic amines is 1. The largest absolute Gasteiger partial charge is 0.497 e. The number of methoxy groups -OCH3 is 1. The highest BCUT2D eigenvalue weighted by atomic mass is 35.5. The van der Waals surface area contributed by atoms with Crippen LogP contribution < -0.4 is 10.3 Å². The summed E-state index contributed by atoms with van der Waals surface area (Å²) in [5.74, 6) is 0.707. The van der Waals surface area contributed by atoms with Gasteiger partial charge in [0, 0.05) is 15.9 Å². The van der Waals surface area contributed by atoms with Crippen LogP contribution in [0.4, 0.5) is 0 Å². The molecule has 4 rings (SSSR count). The fraction of sp³-hybridized carbons (Fsp3) is 0.0556. The van der Waals surface area contributed by atoms with Gasteiger partial charge in [0.2, 0.25) is 0 Å². The summed E-state index contributed by atoms with van der Waals surface area (Å²) in [6.07, 6.45) is 2.96. The summed E-state index contributed by atoms with van der Waals surface area (Å²) in [5, 5.41) is 5.62. The normalized spacial score (nSPS) is 11.6. The van der Waals surface area contributed by atoms with Gasteiger partial charge in [-0.1, -0.05) is 23.7 Å². The van der Waals surface area contributed by atoms with Crippen molar-refractivity contribution in [3.8, 4) is 5.75 Å². The van der Waals surface area contributed by atoms with Gasteiger partial charge >= 0.3 is 0 Å². The second-order valence-electron chi connectivity index (χ2n) is 5.45. The third-order valence-electron chi connectivity index (χ3n) is 3.88. The number of hydrogen-bond acceptors (Lipinski definition) is 4. The van der Waals surface area contributed by atoms with Crippen LogP contribution in [0.15, 0.2) is 58.7 Å². The Labute approximate surface area is 147 Å². The predicted octanol–water partition coefficient (Wildman–Crippen LogP) is 3.42. The van der Waals surface area contributed by atoms with Crippen molar-refractivity contribution in [2.24, 2.45) is 5.10 Å². The summed E-state index contributed by atoms with van der Waals surface area (Å²) in [6.45, 7) is 0. The van der Waals surface area contributed by atoms with Crippen molar-refractivity contribution in [1.82, 2.24) is 14.6 Å². The van der Waals surface area contributed by atoms with Crippen LogP contribution in [0.1, 0.15) is 5.56 Å². The minimum absolute atomic E-state index is 0.279. The Morgan fingerprint density at radius 2 is 2.16 bits per heavy atom. The molecule has 0 unspecified atom stereocenters. The molecular formula is C18H13ClN4O2. The molecule has 0 aliphatic carbocycles. The molecule has 0 spiro atoms. The third kappa shape index (κ3) is 2.77. The molecule has 2 aromatic heterocycles. The molecule has 2 aromatic carbocycles. The minimum Gasteiger partial charge on any atom is -0.497 e. The molecule has 0 aliphatic heterocycles. The second kappa shape index (κ2) is 6.07. The molecule has 4 aromatic rings. The van der Waals surface area contributed by atoms with Crippen molar-refractivity contribution in [2.45, 2.75) is 0 Å². The van der Waals surface area contributed by atoms with Crippen molar-refractivity contribution < 1.29 is 4.74 Å². The van der Waals surface area contributed by atoms with E-state index in [-0.39, 0.29) is 5.56 Å². The first-order valence-corrected chi connectivity index (χ1v) is 7.90. The van der Waals surface area contributed by atoms with Crippen molar-refractivity contribution in [2.75, 3.05) is 7.11 Å². The lowest BCUT2D eigenvalue weighted by Gasteiger charge is -1.99. The number of hydrogen-bond donors (Lipinski definition) is 1. The van der Waals surface area contributed by atoms with Gasteiger partial charge in [-0.05, 0) is 35.9 Å². The number of rotatable bonds is 3. The number of nitrogens with one attached hydrogen (secondary N) is 1. The number of ether oxygens (including phenoxy) is 1. The maximum Gasteiger partial charge on any atom is 0.298 e. The van der Waals surface area contributed by atoms with Crippen LogP contribution in [0, 0.1) is 0 Å². The number of H-pyrrole nitrogens is 1. The van der Waals surface area contributed by atoms with Crippen molar-refractivity contribution in [3.05, 3.63) is 69.7 Å². The highest BCUT2D eigenvalue weighted by Gasteiger charge is 2.11. The van der Waals surface area contributed by atoms with Gasteiger partial charge in [0.25, 0.3) is 5.56 Å². The van der Waals surface area contributed by atoms with E-state index in [4.69, 9.17) is 16.3 Å². The lowest BCUT2D eigenvalue weighted by atomic mass is 10.2. The second-order valence-corrected chi connectivity index (χ2v) is 5.89. The lowest BCUT2D eigenvalue weighted by molar-refractivity contribution is 0.415. The Morgan fingerprint density at radius 3 is 2.96 bits per heavy atom. The van der Waals surface area contributed by atoms with Gasteiger partial charge in [0.05, 0.1) is 13.3 Å². The molecule has 0 fully saturated rings. The number of aromatic nitrogens is 3. The van der Waals surface area contributed by atoms with Crippen molar-refractivity contribution in [1.29, 1.82) is 0 Å². The molecule has 6 nitrogen and oxygen atoms in total. The smallest absolute Gasteiger partial charge is 0.298 e. The zero-order valence-electron chi connectivity index (χ0n) is 13.2. The van der Waals surface area contributed by atoms with Gasteiger partial charge in [-0.3, -0.25) is 4.79 Å². The summed E-state index contributed by atoms with van der Waals surface area (Å²) in [4.78, 5) is 20.1. The SMILES string of the molecule is COc1ccc2[nH]c3c(=O)n(/N=C/c4cccc(Cl)c4)cnc3c2c1. The number of fused-ring (bicyclic) bond motifs is 3. The zero-order valence-corrected chi connectivity index (χ0v) is 14.0. The molecule has 0 saturated carbocycles. The molecule has 0 saturated heterocycles. The molecule has 25 heavy (non-hydrogen) atoms. The van der Waals surface area contributed by atoms with E-state index in [1.165, 1.54) is 11.0 Å². The van der Waals surface area contributed by atoms with E-state index >= 15 is 0 Å². The quantitative estimate of drug-likeness (QED) is 0.574. The number of halogens is 1. The van der Waals surface area contributed by atoms with Gasteiger partial charge in [-0.15, -0.1) is 0 Å². The van der Waals surface area contributed by atoms with Crippen LogP contribution in [0.3, 0.4) is 0 Å². The Bertz CT molecular complexity index is 1180. The zero-order chi connectivity index (χ0) is 17.4. The molecular weight excluding hydrogens is 340 g/mol. The average Bonchev–Trinajstić information content (AvgIpc) is 3.00. The van der Waals surface area contributed by atoms with Crippen LogP contribution in [-0.4, -0.2) is 28.0 Å². The van der Waals surface area contributed by atoms with E-state index in [1.54, 1.807) is 25.5 Å². The third-order valence-corrected chi connectivity index (χ3v) is 4.11. The van der Waals surface area contributed by atoms with E-state index < -0.39 is 0 Å². The fourth-order valence-corrected chi connectivity index (χ4v) is 2.85. The van der Waals surface area contributed by atoms with Gasteiger partial charge in [-0.2, -0.15) is 9.78 Å². The van der Waals surface area contributed by atoms with Crippen LogP contribution in [0.2, 0.25) is 5.02 Å². The summed E-state index contributed by atoms with van der Waals surface area (Å²) >= 11 is 5.95. The van der Waals surface area contributed by atoms with Crippen molar-refractivity contribution in [3.63, 3.8) is 0 Å². The Balaban J connectivity index is 1.82. The maximum absolute atomic E-state index is 12.7. The van der Waals surface area contributed by atoms with Crippen LogP contribution in [0.5, 0.6) is 5.75 Å². The van der Waals surface area contributed by atoms with Crippen molar-refractivity contribution >= 4 is 39.8 Å². The minimum atomic E-state index is -0.279. The van der Waals surface area contributed by atoms with Gasteiger partial charge in [0.15, 0.2) is 0 Å². The Hall–Kier alpha value is -3.12. The Morgan fingerprint density at radius 1 is 1.28 bits per heavy atom. The highest BCUT2D eigenvalue weighted by Crippen LogP contribution is 2.25. The van der Waals surface area contributed by atoms with E-state index in [0.717, 1.165) is 16.5 Å². The first-order chi connectivity index (χ1) is 12.2. The molecule has 7 heteroatoms. The van der Waals surface area contributed by atoms with E-state index in [9.17, 15) is 4.79 Å². The first kappa shape index (κ1) is 15.4. The number of nitrogens with zero attached hydrogens (tertiary/aromatic N) is 3. The summed E-state index contributed by atoms with van der Waals surface area (Å²) in [6, 6.07) is 12.7. The molecule has 0 radical (unpaired) electrons. The molecule has 1 N–H and O–H groups in total. The van der Waals surface area contributed by atoms with Gasteiger partial charge < -0.3 is 9.72 Å². The first-order valence-electron chi connectivity index (χ1n) is 7.53. The Kier molecular flexibility index (Phi) is 3.74. The van der Waals surface area contributed by atoms with E-state index in [0.29, 0.717) is 21.8 Å². The van der Waals surface area contributed by atoms with E-state index in [2.05, 4.69) is 15.1 Å². The summed E-state index contributed by atoms with van der Waals surface area (Å²) in [7, 11) is 1.60. The van der Waals surface area contributed by atoms with Crippen LogP contribution >= 0.6 is 11.6 Å². The highest BCUT2D eigenvalue weighted by molar-refractivity contribution is 6.30. The number of benzene rings is 2. The summed E-state index contributed by atoms with van der Waals surface area (Å²) in [5.41, 5.74) is 2.32. The standard InChI is InChI=1S/C18H13ClN4O2/c1-25-13-5-6-15-14(8-13)16-17(22-15)18(24)23(10-20-16)21-9-11-3-2-4-12(19)7-11/h2-10,22H,1H3/b21-9+. The molecule has 124 valence electrons. The molecule has 0 aliphatic rings. The summed E-state index contributed by atoms with van der Waals surface area (Å²) < 4.78 is 6.42.